The highest BCUT2D eigenvalue weighted by atomic mass is 16.5. The van der Waals surface area contributed by atoms with Gasteiger partial charge in [-0.3, -0.25) is 4.79 Å². The van der Waals surface area contributed by atoms with E-state index in [-0.39, 0.29) is 5.91 Å². The summed E-state index contributed by atoms with van der Waals surface area (Å²) in [5.74, 6) is 2.15. The second-order valence-corrected chi connectivity index (χ2v) is 7.07. The number of carbonyl (C=O) groups excluding carboxylic acids is 1. The van der Waals surface area contributed by atoms with Gasteiger partial charge in [-0.1, -0.05) is 19.1 Å². The SMILES string of the molecule is CCOc1ccc(CCCNC(=O)[C@H](CC)Oc2ccc(C)c(C)c2)cc1OC. The molecule has 1 N–H and O–H groups in total. The molecule has 1 atom stereocenters. The van der Waals surface area contributed by atoms with E-state index in [4.69, 9.17) is 14.2 Å². The first kappa shape index (κ1) is 22.6. The molecular weight excluding hydrogens is 366 g/mol. The maximum Gasteiger partial charge on any atom is 0.261 e. The molecule has 0 saturated carbocycles. The second kappa shape index (κ2) is 11.3. The summed E-state index contributed by atoms with van der Waals surface area (Å²) in [7, 11) is 1.64. The lowest BCUT2D eigenvalue weighted by molar-refractivity contribution is -0.128. The first-order valence-corrected chi connectivity index (χ1v) is 10.3. The molecule has 0 fully saturated rings. The van der Waals surface area contributed by atoms with Crippen molar-refractivity contribution in [2.45, 2.75) is 53.1 Å². The second-order valence-electron chi connectivity index (χ2n) is 7.07. The Morgan fingerprint density at radius 2 is 1.83 bits per heavy atom. The number of aryl methyl sites for hydroxylation is 3. The van der Waals surface area contributed by atoms with Crippen LogP contribution in [0.1, 0.15) is 43.4 Å². The summed E-state index contributed by atoms with van der Waals surface area (Å²) in [6.45, 7) is 9.20. The molecule has 2 aromatic rings. The molecular formula is C24H33NO4. The van der Waals surface area contributed by atoms with Gasteiger partial charge in [-0.15, -0.1) is 0 Å². The Hall–Kier alpha value is -2.69. The van der Waals surface area contributed by atoms with Gasteiger partial charge in [0.25, 0.3) is 5.91 Å². The lowest BCUT2D eigenvalue weighted by Crippen LogP contribution is -2.38. The Morgan fingerprint density at radius 1 is 1.03 bits per heavy atom. The predicted octanol–water partition coefficient (Wildman–Crippen LogP) is 4.62. The van der Waals surface area contributed by atoms with Gasteiger partial charge in [-0.25, -0.2) is 0 Å². The zero-order valence-electron chi connectivity index (χ0n) is 18.2. The van der Waals surface area contributed by atoms with Crippen molar-refractivity contribution in [3.05, 3.63) is 53.1 Å². The largest absolute Gasteiger partial charge is 0.493 e. The van der Waals surface area contributed by atoms with Crippen LogP contribution >= 0.6 is 0 Å². The summed E-state index contributed by atoms with van der Waals surface area (Å²) in [4.78, 5) is 12.5. The van der Waals surface area contributed by atoms with E-state index >= 15 is 0 Å². The molecule has 2 rings (SSSR count). The molecule has 0 aliphatic rings. The third kappa shape index (κ3) is 6.70. The minimum absolute atomic E-state index is 0.0741. The van der Waals surface area contributed by atoms with Gasteiger partial charge in [0, 0.05) is 6.54 Å². The van der Waals surface area contributed by atoms with Crippen molar-refractivity contribution < 1.29 is 19.0 Å². The zero-order chi connectivity index (χ0) is 21.2. The summed E-state index contributed by atoms with van der Waals surface area (Å²) in [5.41, 5.74) is 3.52. The smallest absolute Gasteiger partial charge is 0.261 e. The van der Waals surface area contributed by atoms with Crippen LogP contribution in [0.25, 0.3) is 0 Å². The van der Waals surface area contributed by atoms with Crippen molar-refractivity contribution in [2.24, 2.45) is 0 Å². The molecule has 0 bridgehead atoms. The minimum Gasteiger partial charge on any atom is -0.493 e. The Kier molecular flexibility index (Phi) is 8.84. The molecule has 5 nitrogen and oxygen atoms in total. The van der Waals surface area contributed by atoms with Gasteiger partial charge in [-0.05, 0) is 81.0 Å². The van der Waals surface area contributed by atoms with Crippen LogP contribution in [-0.4, -0.2) is 32.3 Å². The molecule has 0 heterocycles. The Balaban J connectivity index is 1.82. The van der Waals surface area contributed by atoms with Crippen molar-refractivity contribution in [1.82, 2.24) is 5.32 Å². The Bertz CT molecular complexity index is 803. The lowest BCUT2D eigenvalue weighted by atomic mass is 10.1. The molecule has 0 aliphatic carbocycles. The van der Waals surface area contributed by atoms with Gasteiger partial charge in [0.1, 0.15) is 5.75 Å². The number of benzene rings is 2. The highest BCUT2D eigenvalue weighted by molar-refractivity contribution is 5.81. The maximum atomic E-state index is 12.5. The maximum absolute atomic E-state index is 12.5. The summed E-state index contributed by atoms with van der Waals surface area (Å²) >= 11 is 0. The molecule has 0 aliphatic heterocycles. The summed E-state index contributed by atoms with van der Waals surface area (Å²) in [5, 5.41) is 2.99. The van der Waals surface area contributed by atoms with Gasteiger partial charge in [0.15, 0.2) is 17.6 Å². The van der Waals surface area contributed by atoms with Crippen molar-refractivity contribution in [3.8, 4) is 17.2 Å². The number of hydrogen-bond acceptors (Lipinski definition) is 4. The van der Waals surface area contributed by atoms with Crippen molar-refractivity contribution in [1.29, 1.82) is 0 Å². The quantitative estimate of drug-likeness (QED) is 0.560. The van der Waals surface area contributed by atoms with Crippen LogP contribution in [0.3, 0.4) is 0 Å². The van der Waals surface area contributed by atoms with Gasteiger partial charge in [-0.2, -0.15) is 0 Å². The van der Waals surface area contributed by atoms with Gasteiger partial charge in [0.2, 0.25) is 0 Å². The van der Waals surface area contributed by atoms with Gasteiger partial charge < -0.3 is 19.5 Å². The standard InChI is InChI=1S/C24H33NO4/c1-6-21(29-20-12-10-17(3)18(4)15-20)24(26)25-14-8-9-19-11-13-22(28-7-2)23(16-19)27-5/h10-13,15-16,21H,6-9,14H2,1-5H3,(H,25,26)/t21-/m0/s1. The monoisotopic (exact) mass is 399 g/mol. The molecule has 5 heteroatoms. The molecule has 0 unspecified atom stereocenters. The molecule has 0 saturated heterocycles. The third-order valence-electron chi connectivity index (χ3n) is 4.89. The number of carbonyl (C=O) groups is 1. The van der Waals surface area contributed by atoms with Crippen molar-refractivity contribution in [2.75, 3.05) is 20.3 Å². The summed E-state index contributed by atoms with van der Waals surface area (Å²) < 4.78 is 16.8. The van der Waals surface area contributed by atoms with E-state index in [1.54, 1.807) is 7.11 Å². The normalized spacial score (nSPS) is 11.6. The van der Waals surface area contributed by atoms with Gasteiger partial charge in [0.05, 0.1) is 13.7 Å². The number of amides is 1. The van der Waals surface area contributed by atoms with E-state index in [1.807, 2.05) is 57.2 Å². The first-order chi connectivity index (χ1) is 14.0. The van der Waals surface area contributed by atoms with Crippen molar-refractivity contribution >= 4 is 5.91 Å². The van der Waals surface area contributed by atoms with Gasteiger partial charge >= 0.3 is 0 Å². The van der Waals surface area contributed by atoms with Crippen LogP contribution < -0.4 is 19.5 Å². The fourth-order valence-electron chi connectivity index (χ4n) is 3.03. The van der Waals surface area contributed by atoms with Crippen LogP contribution in [0, 0.1) is 13.8 Å². The molecule has 158 valence electrons. The minimum atomic E-state index is -0.484. The van der Waals surface area contributed by atoms with E-state index in [0.29, 0.717) is 19.6 Å². The van der Waals surface area contributed by atoms with Crippen LogP contribution in [0.15, 0.2) is 36.4 Å². The fourth-order valence-corrected chi connectivity index (χ4v) is 3.03. The van der Waals surface area contributed by atoms with Crippen LogP contribution in [0.5, 0.6) is 17.2 Å². The number of ether oxygens (including phenoxy) is 3. The third-order valence-corrected chi connectivity index (χ3v) is 4.89. The van der Waals surface area contributed by atoms with E-state index in [0.717, 1.165) is 41.2 Å². The first-order valence-electron chi connectivity index (χ1n) is 10.3. The van der Waals surface area contributed by atoms with Crippen molar-refractivity contribution in [3.63, 3.8) is 0 Å². The molecule has 0 spiro atoms. The van der Waals surface area contributed by atoms with E-state index < -0.39 is 6.10 Å². The van der Waals surface area contributed by atoms with Crippen LogP contribution in [0.4, 0.5) is 0 Å². The number of rotatable bonds is 11. The highest BCUT2D eigenvalue weighted by Gasteiger charge is 2.18. The number of methoxy groups -OCH3 is 1. The number of hydrogen-bond donors (Lipinski definition) is 1. The fraction of sp³-hybridized carbons (Fsp3) is 0.458. The van der Waals surface area contributed by atoms with E-state index in [9.17, 15) is 4.79 Å². The molecule has 0 aromatic heterocycles. The average molecular weight is 400 g/mol. The Labute approximate surface area is 174 Å². The summed E-state index contributed by atoms with van der Waals surface area (Å²) in [6, 6.07) is 11.9. The Morgan fingerprint density at radius 3 is 2.48 bits per heavy atom. The molecule has 2 aromatic carbocycles. The number of nitrogens with one attached hydrogen (secondary N) is 1. The van der Waals surface area contributed by atoms with Crippen LogP contribution in [0.2, 0.25) is 0 Å². The molecule has 0 radical (unpaired) electrons. The summed E-state index contributed by atoms with van der Waals surface area (Å²) in [6.07, 6.45) is 1.82. The molecule has 29 heavy (non-hydrogen) atoms. The molecule has 1 amide bonds. The highest BCUT2D eigenvalue weighted by Crippen LogP contribution is 2.28. The predicted molar refractivity (Wildman–Crippen MR) is 116 cm³/mol. The zero-order valence-corrected chi connectivity index (χ0v) is 18.2. The lowest BCUT2D eigenvalue weighted by Gasteiger charge is -2.18. The van der Waals surface area contributed by atoms with E-state index in [2.05, 4.69) is 12.2 Å². The average Bonchev–Trinajstić information content (AvgIpc) is 2.72. The topological polar surface area (TPSA) is 56.8 Å². The van der Waals surface area contributed by atoms with Crippen LogP contribution in [-0.2, 0) is 11.2 Å². The van der Waals surface area contributed by atoms with E-state index in [1.165, 1.54) is 5.56 Å².